The van der Waals surface area contributed by atoms with Gasteiger partial charge < -0.3 is 10.1 Å². The molecule has 0 bridgehead atoms. The van der Waals surface area contributed by atoms with Gasteiger partial charge in [0.25, 0.3) is 0 Å². The Balaban J connectivity index is 1.78. The van der Waals surface area contributed by atoms with Crippen molar-refractivity contribution < 1.29 is 4.74 Å². The molecule has 1 fully saturated rings. The molecular weight excluding hydrogens is 222 g/mol. The molecule has 0 saturated carbocycles. The summed E-state index contributed by atoms with van der Waals surface area (Å²) < 4.78 is 5.74. The molecule has 2 rings (SSSR count). The molecule has 100 valence electrons. The molecule has 1 saturated heterocycles. The molecule has 0 aromatic heterocycles. The van der Waals surface area contributed by atoms with Gasteiger partial charge in [0.2, 0.25) is 0 Å². The third-order valence-electron chi connectivity index (χ3n) is 3.69. The van der Waals surface area contributed by atoms with Gasteiger partial charge in [-0.05, 0) is 44.2 Å². The number of aryl methyl sites for hydroxylation is 1. The number of benzene rings is 1. The highest BCUT2D eigenvalue weighted by atomic mass is 16.5. The third-order valence-corrected chi connectivity index (χ3v) is 3.69. The predicted molar refractivity (Wildman–Crippen MR) is 75.8 cm³/mol. The zero-order chi connectivity index (χ0) is 12.6. The van der Waals surface area contributed by atoms with Crippen LogP contribution in [0.1, 0.15) is 38.2 Å². The number of rotatable bonds is 7. The Bertz CT molecular complexity index is 319. The first-order valence-corrected chi connectivity index (χ1v) is 7.27. The minimum absolute atomic E-state index is 0.491. The van der Waals surface area contributed by atoms with Crippen molar-refractivity contribution in [2.45, 2.75) is 51.2 Å². The highest BCUT2D eigenvalue weighted by Gasteiger charge is 2.20. The van der Waals surface area contributed by atoms with Crippen LogP contribution in [0.5, 0.6) is 0 Å². The Labute approximate surface area is 111 Å². The van der Waals surface area contributed by atoms with Gasteiger partial charge >= 0.3 is 0 Å². The maximum absolute atomic E-state index is 5.74. The molecule has 2 unspecified atom stereocenters. The largest absolute Gasteiger partial charge is 0.378 e. The maximum Gasteiger partial charge on any atom is 0.0590 e. The van der Waals surface area contributed by atoms with Crippen molar-refractivity contribution in [3.63, 3.8) is 0 Å². The van der Waals surface area contributed by atoms with Crippen LogP contribution < -0.4 is 5.32 Å². The Morgan fingerprint density at radius 3 is 2.83 bits per heavy atom. The average molecular weight is 247 g/mol. The molecule has 0 amide bonds. The fourth-order valence-electron chi connectivity index (χ4n) is 2.73. The number of ether oxygens (including phenoxy) is 1. The molecule has 0 radical (unpaired) electrons. The highest BCUT2D eigenvalue weighted by Crippen LogP contribution is 2.19. The molecule has 1 aromatic rings. The smallest absolute Gasteiger partial charge is 0.0590 e. The van der Waals surface area contributed by atoms with Gasteiger partial charge in [0.15, 0.2) is 0 Å². The first kappa shape index (κ1) is 13.6. The summed E-state index contributed by atoms with van der Waals surface area (Å²) in [6, 6.07) is 11.4. The molecule has 1 heterocycles. The van der Waals surface area contributed by atoms with E-state index in [0.29, 0.717) is 12.1 Å². The van der Waals surface area contributed by atoms with Crippen molar-refractivity contribution in [2.75, 3.05) is 13.2 Å². The average Bonchev–Trinajstić information content (AvgIpc) is 2.90. The van der Waals surface area contributed by atoms with E-state index in [1.807, 2.05) is 0 Å². The van der Waals surface area contributed by atoms with Crippen LogP contribution in [0.2, 0.25) is 0 Å². The maximum atomic E-state index is 5.74. The predicted octanol–water partition coefficient (Wildman–Crippen LogP) is 3.17. The van der Waals surface area contributed by atoms with Crippen molar-refractivity contribution in [2.24, 2.45) is 0 Å². The lowest BCUT2D eigenvalue weighted by Gasteiger charge is -2.21. The number of nitrogens with one attached hydrogen (secondary N) is 1. The van der Waals surface area contributed by atoms with Crippen LogP contribution in [-0.2, 0) is 11.2 Å². The second kappa shape index (κ2) is 7.55. The van der Waals surface area contributed by atoms with Gasteiger partial charge in [-0.1, -0.05) is 37.3 Å². The van der Waals surface area contributed by atoms with Crippen LogP contribution in [0.4, 0.5) is 0 Å². The minimum atomic E-state index is 0.491. The molecule has 18 heavy (non-hydrogen) atoms. The van der Waals surface area contributed by atoms with Crippen molar-refractivity contribution in [3.8, 4) is 0 Å². The van der Waals surface area contributed by atoms with Gasteiger partial charge in [0, 0.05) is 12.6 Å². The summed E-state index contributed by atoms with van der Waals surface area (Å²) in [6.07, 6.45) is 6.50. The van der Waals surface area contributed by atoms with Crippen molar-refractivity contribution in [3.05, 3.63) is 35.9 Å². The topological polar surface area (TPSA) is 21.3 Å². The molecular formula is C16H25NO. The summed E-state index contributed by atoms with van der Waals surface area (Å²) in [4.78, 5) is 0. The van der Waals surface area contributed by atoms with Gasteiger partial charge in [0.05, 0.1) is 6.10 Å². The van der Waals surface area contributed by atoms with E-state index in [0.717, 1.165) is 19.6 Å². The Kier molecular flexibility index (Phi) is 5.69. The molecule has 2 atom stereocenters. The molecule has 1 N–H and O–H groups in total. The molecule has 1 aromatic carbocycles. The summed E-state index contributed by atoms with van der Waals surface area (Å²) >= 11 is 0. The van der Waals surface area contributed by atoms with Crippen LogP contribution in [0.3, 0.4) is 0 Å². The molecule has 1 aliphatic heterocycles. The summed E-state index contributed by atoms with van der Waals surface area (Å²) in [5.41, 5.74) is 1.44. The molecule has 0 spiro atoms. The van der Waals surface area contributed by atoms with E-state index in [-0.39, 0.29) is 0 Å². The van der Waals surface area contributed by atoms with E-state index in [1.54, 1.807) is 0 Å². The van der Waals surface area contributed by atoms with Crippen LogP contribution in [0, 0.1) is 0 Å². The van der Waals surface area contributed by atoms with E-state index in [9.17, 15) is 0 Å². The molecule has 2 heteroatoms. The Hall–Kier alpha value is -0.860. The first-order chi connectivity index (χ1) is 8.88. The fourth-order valence-corrected chi connectivity index (χ4v) is 2.73. The van der Waals surface area contributed by atoms with Crippen LogP contribution >= 0.6 is 0 Å². The lowest BCUT2D eigenvalue weighted by molar-refractivity contribution is 0.0938. The lowest BCUT2D eigenvalue weighted by Crippen LogP contribution is -2.33. The van der Waals surface area contributed by atoms with E-state index in [1.165, 1.54) is 31.2 Å². The summed E-state index contributed by atoms with van der Waals surface area (Å²) in [5.74, 6) is 0. The third kappa shape index (κ3) is 4.43. The van der Waals surface area contributed by atoms with Crippen molar-refractivity contribution in [1.29, 1.82) is 0 Å². The normalized spacial score (nSPS) is 21.1. The molecule has 2 nitrogen and oxygen atoms in total. The van der Waals surface area contributed by atoms with Crippen molar-refractivity contribution >= 4 is 0 Å². The van der Waals surface area contributed by atoms with Gasteiger partial charge in [-0.25, -0.2) is 0 Å². The Morgan fingerprint density at radius 2 is 2.17 bits per heavy atom. The van der Waals surface area contributed by atoms with Crippen LogP contribution in [0.25, 0.3) is 0 Å². The number of hydrogen-bond acceptors (Lipinski definition) is 2. The monoisotopic (exact) mass is 247 g/mol. The SMILES string of the molecule is CCNC(CCc1ccccc1)CC1CCCO1. The molecule has 1 aliphatic rings. The summed E-state index contributed by atoms with van der Waals surface area (Å²) in [5, 5.41) is 3.60. The van der Waals surface area contributed by atoms with E-state index in [4.69, 9.17) is 4.74 Å². The Morgan fingerprint density at radius 1 is 1.33 bits per heavy atom. The van der Waals surface area contributed by atoms with E-state index >= 15 is 0 Å². The van der Waals surface area contributed by atoms with Gasteiger partial charge in [-0.3, -0.25) is 0 Å². The quantitative estimate of drug-likeness (QED) is 0.799. The second-order valence-corrected chi connectivity index (χ2v) is 5.15. The van der Waals surface area contributed by atoms with E-state index in [2.05, 4.69) is 42.6 Å². The van der Waals surface area contributed by atoms with Crippen LogP contribution in [0.15, 0.2) is 30.3 Å². The van der Waals surface area contributed by atoms with Gasteiger partial charge in [-0.2, -0.15) is 0 Å². The zero-order valence-corrected chi connectivity index (χ0v) is 11.4. The molecule has 0 aliphatic carbocycles. The summed E-state index contributed by atoms with van der Waals surface area (Å²) in [6.45, 7) is 4.19. The van der Waals surface area contributed by atoms with Crippen molar-refractivity contribution in [1.82, 2.24) is 5.32 Å². The lowest BCUT2D eigenvalue weighted by atomic mass is 9.99. The van der Waals surface area contributed by atoms with Gasteiger partial charge in [0.1, 0.15) is 0 Å². The summed E-state index contributed by atoms with van der Waals surface area (Å²) in [7, 11) is 0. The van der Waals surface area contributed by atoms with Gasteiger partial charge in [-0.15, -0.1) is 0 Å². The first-order valence-electron chi connectivity index (χ1n) is 7.27. The number of hydrogen-bond donors (Lipinski definition) is 1. The standard InChI is InChI=1S/C16H25NO/c1-2-17-15(13-16-9-6-12-18-16)11-10-14-7-4-3-5-8-14/h3-5,7-8,15-17H,2,6,9-13H2,1H3. The minimum Gasteiger partial charge on any atom is -0.378 e. The van der Waals surface area contributed by atoms with Crippen LogP contribution in [-0.4, -0.2) is 25.3 Å². The highest BCUT2D eigenvalue weighted by molar-refractivity contribution is 5.14. The second-order valence-electron chi connectivity index (χ2n) is 5.15. The zero-order valence-electron chi connectivity index (χ0n) is 11.4. The van der Waals surface area contributed by atoms with E-state index < -0.39 is 0 Å². The fraction of sp³-hybridized carbons (Fsp3) is 0.625.